The summed E-state index contributed by atoms with van der Waals surface area (Å²) in [6, 6.07) is 15.5. The zero-order chi connectivity index (χ0) is 13.9. The molecular formula is C16H15N3O. The minimum Gasteiger partial charge on any atom is -0.336 e. The molecule has 0 spiro atoms. The Morgan fingerprint density at radius 1 is 1.15 bits per heavy atom. The highest BCUT2D eigenvalue weighted by Gasteiger charge is 2.15. The molecule has 4 heteroatoms. The van der Waals surface area contributed by atoms with Gasteiger partial charge in [-0.05, 0) is 17.7 Å². The van der Waals surface area contributed by atoms with E-state index in [9.17, 15) is 4.79 Å². The van der Waals surface area contributed by atoms with Gasteiger partial charge in [0.25, 0.3) is 5.91 Å². The Morgan fingerprint density at radius 3 is 2.75 bits per heavy atom. The number of benzene rings is 1. The number of nitrogens with zero attached hydrogens (tertiary/aromatic N) is 3. The van der Waals surface area contributed by atoms with E-state index < -0.39 is 0 Å². The molecule has 3 aromatic rings. The van der Waals surface area contributed by atoms with Crippen LogP contribution in [0.15, 0.2) is 60.9 Å². The van der Waals surface area contributed by atoms with Gasteiger partial charge < -0.3 is 4.90 Å². The lowest BCUT2D eigenvalue weighted by Gasteiger charge is -2.18. The van der Waals surface area contributed by atoms with Gasteiger partial charge in [-0.3, -0.25) is 9.20 Å². The molecule has 0 saturated carbocycles. The smallest absolute Gasteiger partial charge is 0.270 e. The monoisotopic (exact) mass is 265 g/mol. The Balaban J connectivity index is 1.87. The molecule has 0 aliphatic carbocycles. The summed E-state index contributed by atoms with van der Waals surface area (Å²) in [5.41, 5.74) is 2.52. The van der Waals surface area contributed by atoms with E-state index in [1.54, 1.807) is 17.3 Å². The fourth-order valence-corrected chi connectivity index (χ4v) is 2.25. The Hall–Kier alpha value is -2.62. The first-order valence-electron chi connectivity index (χ1n) is 6.47. The average Bonchev–Trinajstić information content (AvgIpc) is 2.96. The SMILES string of the molecule is CN(Cc1ccccc1)C(=O)c1cccc2nccn12. The second kappa shape index (κ2) is 5.17. The summed E-state index contributed by atoms with van der Waals surface area (Å²) in [6.07, 6.45) is 3.50. The third kappa shape index (κ3) is 2.28. The quantitative estimate of drug-likeness (QED) is 0.730. The maximum Gasteiger partial charge on any atom is 0.270 e. The van der Waals surface area contributed by atoms with Crippen molar-refractivity contribution in [3.8, 4) is 0 Å². The van der Waals surface area contributed by atoms with Crippen LogP contribution in [0.5, 0.6) is 0 Å². The lowest BCUT2D eigenvalue weighted by molar-refractivity contribution is 0.0778. The Morgan fingerprint density at radius 2 is 1.95 bits per heavy atom. The standard InChI is InChI=1S/C16H15N3O/c1-18(12-13-6-3-2-4-7-13)16(20)14-8-5-9-15-17-10-11-19(14)15/h2-11H,12H2,1H3. The molecule has 0 unspecified atom stereocenters. The largest absolute Gasteiger partial charge is 0.336 e. The van der Waals surface area contributed by atoms with Gasteiger partial charge in [0, 0.05) is 26.0 Å². The number of fused-ring (bicyclic) bond motifs is 1. The molecule has 2 heterocycles. The molecule has 0 N–H and O–H groups in total. The van der Waals surface area contributed by atoms with E-state index in [2.05, 4.69) is 4.98 Å². The van der Waals surface area contributed by atoms with Crippen LogP contribution in [0, 0.1) is 0 Å². The molecule has 4 nitrogen and oxygen atoms in total. The minimum absolute atomic E-state index is 0.0162. The van der Waals surface area contributed by atoms with Crippen molar-refractivity contribution >= 4 is 11.6 Å². The molecule has 0 aliphatic heterocycles. The number of amides is 1. The molecule has 0 atom stereocenters. The summed E-state index contributed by atoms with van der Waals surface area (Å²) in [4.78, 5) is 18.4. The van der Waals surface area contributed by atoms with Gasteiger partial charge in [0.1, 0.15) is 11.3 Å². The molecule has 100 valence electrons. The molecule has 0 radical (unpaired) electrons. The first kappa shape index (κ1) is 12.4. The van der Waals surface area contributed by atoms with Crippen LogP contribution in [0.25, 0.3) is 5.65 Å². The fraction of sp³-hybridized carbons (Fsp3) is 0.125. The zero-order valence-electron chi connectivity index (χ0n) is 11.2. The summed E-state index contributed by atoms with van der Waals surface area (Å²) in [5, 5.41) is 0. The highest BCUT2D eigenvalue weighted by atomic mass is 16.2. The van der Waals surface area contributed by atoms with Crippen molar-refractivity contribution in [3.63, 3.8) is 0 Å². The molecule has 1 aromatic carbocycles. The molecule has 0 bridgehead atoms. The van der Waals surface area contributed by atoms with Crippen molar-refractivity contribution in [2.75, 3.05) is 7.05 Å². The van der Waals surface area contributed by atoms with Crippen LogP contribution < -0.4 is 0 Å². The topological polar surface area (TPSA) is 37.6 Å². The zero-order valence-corrected chi connectivity index (χ0v) is 11.2. The van der Waals surface area contributed by atoms with E-state index >= 15 is 0 Å². The third-order valence-electron chi connectivity index (χ3n) is 3.26. The van der Waals surface area contributed by atoms with Gasteiger partial charge in [0.15, 0.2) is 0 Å². The van der Waals surface area contributed by atoms with Crippen molar-refractivity contribution in [1.82, 2.24) is 14.3 Å². The molecule has 20 heavy (non-hydrogen) atoms. The van der Waals surface area contributed by atoms with Gasteiger partial charge in [0.05, 0.1) is 0 Å². The van der Waals surface area contributed by atoms with Crippen molar-refractivity contribution in [2.45, 2.75) is 6.54 Å². The molecule has 0 saturated heterocycles. The van der Waals surface area contributed by atoms with Gasteiger partial charge in [-0.25, -0.2) is 4.98 Å². The molecule has 1 amide bonds. The fourth-order valence-electron chi connectivity index (χ4n) is 2.25. The number of pyridine rings is 1. The number of hydrogen-bond donors (Lipinski definition) is 0. The second-order valence-corrected chi connectivity index (χ2v) is 4.71. The Bertz CT molecular complexity index is 734. The van der Waals surface area contributed by atoms with Crippen LogP contribution in [0.1, 0.15) is 16.1 Å². The summed E-state index contributed by atoms with van der Waals surface area (Å²) < 4.78 is 1.81. The van der Waals surface area contributed by atoms with E-state index in [1.165, 1.54) is 0 Å². The predicted octanol–water partition coefficient (Wildman–Crippen LogP) is 2.61. The lowest BCUT2D eigenvalue weighted by Crippen LogP contribution is -2.27. The normalized spacial score (nSPS) is 10.7. The number of rotatable bonds is 3. The van der Waals surface area contributed by atoms with Crippen molar-refractivity contribution in [2.24, 2.45) is 0 Å². The summed E-state index contributed by atoms with van der Waals surface area (Å²) in [7, 11) is 1.81. The summed E-state index contributed by atoms with van der Waals surface area (Å²) in [5.74, 6) is -0.0162. The van der Waals surface area contributed by atoms with Crippen LogP contribution in [0.4, 0.5) is 0 Å². The van der Waals surface area contributed by atoms with Gasteiger partial charge in [-0.1, -0.05) is 36.4 Å². The van der Waals surface area contributed by atoms with Crippen molar-refractivity contribution < 1.29 is 4.79 Å². The van der Waals surface area contributed by atoms with Crippen LogP contribution in [0.2, 0.25) is 0 Å². The van der Waals surface area contributed by atoms with Gasteiger partial charge in [-0.15, -0.1) is 0 Å². The number of carbonyl (C=O) groups is 1. The number of imidazole rings is 1. The highest BCUT2D eigenvalue weighted by molar-refractivity contribution is 5.93. The van der Waals surface area contributed by atoms with Crippen LogP contribution in [-0.4, -0.2) is 27.2 Å². The Labute approximate surface area is 117 Å². The number of hydrogen-bond acceptors (Lipinski definition) is 2. The molecule has 0 fully saturated rings. The van der Waals surface area contributed by atoms with Crippen LogP contribution in [0.3, 0.4) is 0 Å². The number of aromatic nitrogens is 2. The number of carbonyl (C=O) groups excluding carboxylic acids is 1. The third-order valence-corrected chi connectivity index (χ3v) is 3.26. The van der Waals surface area contributed by atoms with Crippen LogP contribution >= 0.6 is 0 Å². The van der Waals surface area contributed by atoms with E-state index in [4.69, 9.17) is 0 Å². The molecule has 2 aromatic heterocycles. The molecule has 0 aliphatic rings. The average molecular weight is 265 g/mol. The summed E-state index contributed by atoms with van der Waals surface area (Å²) >= 11 is 0. The maximum absolute atomic E-state index is 12.5. The highest BCUT2D eigenvalue weighted by Crippen LogP contribution is 2.10. The van der Waals surface area contributed by atoms with E-state index in [1.807, 2.05) is 60.0 Å². The van der Waals surface area contributed by atoms with E-state index in [-0.39, 0.29) is 5.91 Å². The Kier molecular flexibility index (Phi) is 3.21. The van der Waals surface area contributed by atoms with E-state index in [0.29, 0.717) is 12.2 Å². The minimum atomic E-state index is -0.0162. The first-order valence-corrected chi connectivity index (χ1v) is 6.47. The molecule has 3 rings (SSSR count). The second-order valence-electron chi connectivity index (χ2n) is 4.71. The molecular weight excluding hydrogens is 250 g/mol. The first-order chi connectivity index (χ1) is 9.75. The van der Waals surface area contributed by atoms with Gasteiger partial charge in [-0.2, -0.15) is 0 Å². The van der Waals surface area contributed by atoms with Crippen molar-refractivity contribution in [1.29, 1.82) is 0 Å². The van der Waals surface area contributed by atoms with Crippen LogP contribution in [-0.2, 0) is 6.54 Å². The van der Waals surface area contributed by atoms with Crippen molar-refractivity contribution in [3.05, 3.63) is 72.2 Å². The summed E-state index contributed by atoms with van der Waals surface area (Å²) in [6.45, 7) is 0.588. The van der Waals surface area contributed by atoms with Gasteiger partial charge in [0.2, 0.25) is 0 Å². The van der Waals surface area contributed by atoms with E-state index in [0.717, 1.165) is 11.2 Å². The lowest BCUT2D eigenvalue weighted by atomic mass is 10.2. The maximum atomic E-state index is 12.5. The van der Waals surface area contributed by atoms with Gasteiger partial charge >= 0.3 is 0 Å². The predicted molar refractivity (Wildman–Crippen MR) is 77.4 cm³/mol.